The lowest BCUT2D eigenvalue weighted by Gasteiger charge is -2.11. The third-order valence-electron chi connectivity index (χ3n) is 2.62. The number of aromatic nitrogens is 1. The lowest BCUT2D eigenvalue weighted by atomic mass is 10.2. The molecule has 0 spiro atoms. The molecule has 1 aliphatic heterocycles. The number of hydrogen-bond acceptors (Lipinski definition) is 4. The van der Waals surface area contributed by atoms with E-state index in [1.807, 2.05) is 12.1 Å². The second-order valence-corrected chi connectivity index (χ2v) is 3.79. The molecule has 0 bridgehead atoms. The summed E-state index contributed by atoms with van der Waals surface area (Å²) >= 11 is 0. The normalized spacial score (nSPS) is 20.4. The summed E-state index contributed by atoms with van der Waals surface area (Å²) in [5, 5.41) is 3.22. The third kappa shape index (κ3) is 2.83. The lowest BCUT2D eigenvalue weighted by Crippen LogP contribution is -2.13. The highest BCUT2D eigenvalue weighted by Crippen LogP contribution is 2.17. The van der Waals surface area contributed by atoms with E-state index >= 15 is 0 Å². The van der Waals surface area contributed by atoms with Crippen LogP contribution in [0.4, 0.5) is 11.5 Å². The Hall–Kier alpha value is -1.29. The van der Waals surface area contributed by atoms with Crippen LogP contribution < -0.4 is 11.1 Å². The summed E-state index contributed by atoms with van der Waals surface area (Å²) in [6.07, 6.45) is 5.55. The van der Waals surface area contributed by atoms with Crippen LogP contribution in [0.25, 0.3) is 0 Å². The number of hydrogen-bond donors (Lipinski definition) is 2. The largest absolute Gasteiger partial charge is 0.396 e. The minimum atomic E-state index is 0.419. The Morgan fingerprint density at radius 1 is 1.60 bits per heavy atom. The maximum atomic E-state index is 5.76. The van der Waals surface area contributed by atoms with Gasteiger partial charge in [0.05, 0.1) is 11.8 Å². The van der Waals surface area contributed by atoms with Gasteiger partial charge in [-0.25, -0.2) is 4.98 Å². The number of anilines is 2. The van der Waals surface area contributed by atoms with Crippen LogP contribution in [0.1, 0.15) is 19.3 Å². The van der Waals surface area contributed by atoms with E-state index in [-0.39, 0.29) is 0 Å². The van der Waals surface area contributed by atoms with Crippen molar-refractivity contribution in [3.05, 3.63) is 18.3 Å². The molecule has 4 nitrogen and oxygen atoms in total. The summed E-state index contributed by atoms with van der Waals surface area (Å²) in [4.78, 5) is 4.17. The van der Waals surface area contributed by atoms with Gasteiger partial charge < -0.3 is 15.8 Å². The Labute approximate surface area is 89.8 Å². The molecule has 2 rings (SSSR count). The molecule has 1 aliphatic rings. The summed E-state index contributed by atoms with van der Waals surface area (Å²) in [6, 6.07) is 3.68. The van der Waals surface area contributed by atoms with Crippen molar-refractivity contribution in [3.8, 4) is 0 Å². The van der Waals surface area contributed by atoms with Gasteiger partial charge >= 0.3 is 0 Å². The second kappa shape index (κ2) is 4.98. The first-order chi connectivity index (χ1) is 7.36. The molecular weight excluding hydrogens is 190 g/mol. The molecule has 0 saturated carbocycles. The van der Waals surface area contributed by atoms with Crippen molar-refractivity contribution in [2.24, 2.45) is 0 Å². The summed E-state index contributed by atoms with van der Waals surface area (Å²) in [5.41, 5.74) is 6.46. The maximum Gasteiger partial charge on any atom is 0.149 e. The Morgan fingerprint density at radius 2 is 2.53 bits per heavy atom. The van der Waals surface area contributed by atoms with Crippen LogP contribution in [0, 0.1) is 0 Å². The van der Waals surface area contributed by atoms with Crippen molar-refractivity contribution in [2.75, 3.05) is 24.2 Å². The standard InChI is InChI=1S/C11H17N3O/c12-10-4-1-6-13-11(10)14-7-5-9-3-2-8-15-9/h1,4,6,9H,2-3,5,7-8,12H2,(H,13,14). The zero-order valence-electron chi connectivity index (χ0n) is 8.78. The van der Waals surface area contributed by atoms with E-state index in [0.29, 0.717) is 11.8 Å². The van der Waals surface area contributed by atoms with Crippen LogP contribution in [0.3, 0.4) is 0 Å². The highest BCUT2D eigenvalue weighted by Gasteiger charge is 2.14. The van der Waals surface area contributed by atoms with Crippen LogP contribution in [-0.2, 0) is 4.74 Å². The molecule has 2 heterocycles. The van der Waals surface area contributed by atoms with Crippen LogP contribution in [0.2, 0.25) is 0 Å². The topological polar surface area (TPSA) is 60.2 Å². The SMILES string of the molecule is Nc1cccnc1NCCC1CCCO1. The molecule has 1 aromatic rings. The van der Waals surface area contributed by atoms with Crippen molar-refractivity contribution >= 4 is 11.5 Å². The van der Waals surface area contributed by atoms with Crippen molar-refractivity contribution < 1.29 is 4.74 Å². The summed E-state index contributed by atoms with van der Waals surface area (Å²) in [6.45, 7) is 1.78. The Kier molecular flexibility index (Phi) is 3.40. The average molecular weight is 207 g/mol. The Bertz CT molecular complexity index is 310. The van der Waals surface area contributed by atoms with Crippen molar-refractivity contribution in [3.63, 3.8) is 0 Å². The van der Waals surface area contributed by atoms with Crippen LogP contribution in [-0.4, -0.2) is 24.2 Å². The Balaban J connectivity index is 1.75. The lowest BCUT2D eigenvalue weighted by molar-refractivity contribution is 0.107. The minimum absolute atomic E-state index is 0.419. The predicted molar refractivity (Wildman–Crippen MR) is 60.7 cm³/mol. The molecule has 1 saturated heterocycles. The Morgan fingerprint density at radius 3 is 3.27 bits per heavy atom. The fourth-order valence-electron chi connectivity index (χ4n) is 1.79. The molecule has 15 heavy (non-hydrogen) atoms. The molecule has 0 aromatic carbocycles. The molecule has 1 aromatic heterocycles. The van der Waals surface area contributed by atoms with E-state index in [0.717, 1.165) is 25.4 Å². The van der Waals surface area contributed by atoms with Gasteiger partial charge in [-0.2, -0.15) is 0 Å². The van der Waals surface area contributed by atoms with Crippen molar-refractivity contribution in [2.45, 2.75) is 25.4 Å². The quantitative estimate of drug-likeness (QED) is 0.788. The van der Waals surface area contributed by atoms with Crippen molar-refractivity contribution in [1.82, 2.24) is 4.98 Å². The van der Waals surface area contributed by atoms with Gasteiger partial charge in [0.25, 0.3) is 0 Å². The maximum absolute atomic E-state index is 5.76. The molecular formula is C11H17N3O. The van der Waals surface area contributed by atoms with E-state index in [1.165, 1.54) is 12.8 Å². The van der Waals surface area contributed by atoms with Gasteiger partial charge in [-0.3, -0.25) is 0 Å². The van der Waals surface area contributed by atoms with E-state index in [9.17, 15) is 0 Å². The zero-order chi connectivity index (χ0) is 10.5. The van der Waals surface area contributed by atoms with E-state index in [4.69, 9.17) is 10.5 Å². The smallest absolute Gasteiger partial charge is 0.149 e. The number of nitrogens with zero attached hydrogens (tertiary/aromatic N) is 1. The molecule has 4 heteroatoms. The fraction of sp³-hybridized carbons (Fsp3) is 0.545. The zero-order valence-corrected chi connectivity index (χ0v) is 8.78. The van der Waals surface area contributed by atoms with Gasteiger partial charge in [0, 0.05) is 19.3 Å². The highest BCUT2D eigenvalue weighted by atomic mass is 16.5. The number of nitrogen functional groups attached to an aromatic ring is 1. The van der Waals surface area contributed by atoms with Crippen LogP contribution in [0.5, 0.6) is 0 Å². The summed E-state index contributed by atoms with van der Waals surface area (Å²) in [7, 11) is 0. The predicted octanol–water partition coefficient (Wildman–Crippen LogP) is 1.64. The van der Waals surface area contributed by atoms with Crippen LogP contribution >= 0.6 is 0 Å². The summed E-state index contributed by atoms with van der Waals surface area (Å²) < 4.78 is 5.53. The molecule has 0 aliphatic carbocycles. The first kappa shape index (κ1) is 10.2. The fourth-order valence-corrected chi connectivity index (χ4v) is 1.79. The van der Waals surface area contributed by atoms with Gasteiger partial charge in [0.15, 0.2) is 0 Å². The average Bonchev–Trinajstić information content (AvgIpc) is 2.74. The molecule has 0 amide bonds. The molecule has 3 N–H and O–H groups in total. The van der Waals surface area contributed by atoms with Gasteiger partial charge in [-0.15, -0.1) is 0 Å². The number of ether oxygens (including phenoxy) is 1. The molecule has 1 unspecified atom stereocenters. The summed E-state index contributed by atoms with van der Waals surface area (Å²) in [5.74, 6) is 0.774. The molecule has 0 radical (unpaired) electrons. The minimum Gasteiger partial charge on any atom is -0.396 e. The first-order valence-electron chi connectivity index (χ1n) is 5.42. The number of pyridine rings is 1. The number of nitrogens with one attached hydrogen (secondary N) is 1. The van der Waals surface area contributed by atoms with Gasteiger partial charge in [0.1, 0.15) is 5.82 Å². The second-order valence-electron chi connectivity index (χ2n) is 3.79. The van der Waals surface area contributed by atoms with Gasteiger partial charge in [0.2, 0.25) is 0 Å². The number of rotatable bonds is 4. The van der Waals surface area contributed by atoms with E-state index in [1.54, 1.807) is 6.20 Å². The molecule has 82 valence electrons. The monoisotopic (exact) mass is 207 g/mol. The van der Waals surface area contributed by atoms with E-state index in [2.05, 4.69) is 10.3 Å². The molecule has 1 fully saturated rings. The van der Waals surface area contributed by atoms with E-state index < -0.39 is 0 Å². The molecule has 1 atom stereocenters. The highest BCUT2D eigenvalue weighted by molar-refractivity contribution is 5.60. The third-order valence-corrected chi connectivity index (χ3v) is 2.62. The van der Waals surface area contributed by atoms with Gasteiger partial charge in [-0.1, -0.05) is 0 Å². The van der Waals surface area contributed by atoms with Crippen LogP contribution in [0.15, 0.2) is 18.3 Å². The first-order valence-corrected chi connectivity index (χ1v) is 5.42. The van der Waals surface area contributed by atoms with Crippen molar-refractivity contribution in [1.29, 1.82) is 0 Å². The van der Waals surface area contributed by atoms with Gasteiger partial charge in [-0.05, 0) is 31.4 Å². The number of nitrogens with two attached hydrogens (primary N) is 1.